The number of H-pyrrole nitrogens is 1. The Morgan fingerprint density at radius 1 is 0.771 bits per heavy atom. The number of sulfone groups is 1. The Hall–Kier alpha value is -5.51. The lowest BCUT2D eigenvalue weighted by Gasteiger charge is -2.19. The van der Waals surface area contributed by atoms with Crippen molar-refractivity contribution < 1.29 is 35.7 Å². The van der Waals surface area contributed by atoms with Gasteiger partial charge in [0.1, 0.15) is 11.5 Å². The number of benzene rings is 4. The molecule has 0 bridgehead atoms. The molecule has 1 aliphatic rings. The zero-order chi connectivity index (χ0) is 34.2. The molecule has 2 heterocycles. The van der Waals surface area contributed by atoms with Gasteiger partial charge in [-0.25, -0.2) is 8.42 Å². The molecule has 6 aromatic rings. The van der Waals surface area contributed by atoms with E-state index in [0.717, 1.165) is 40.6 Å². The maximum absolute atomic E-state index is 12.8. The first-order chi connectivity index (χ1) is 22.8. The topological polar surface area (TPSA) is 196 Å². The third-order valence-corrected chi connectivity index (χ3v) is 9.01. The van der Waals surface area contributed by atoms with Crippen molar-refractivity contribution in [3.05, 3.63) is 123 Å². The molecule has 13 nitrogen and oxygen atoms in total. The van der Waals surface area contributed by atoms with Crippen LogP contribution in [0.25, 0.3) is 21.8 Å². The van der Waals surface area contributed by atoms with Crippen LogP contribution in [0, 0.1) is 0 Å². The fourth-order valence-electron chi connectivity index (χ4n) is 5.22. The number of hydrogen-bond acceptors (Lipinski definition) is 11. The Morgan fingerprint density at radius 3 is 2.17 bits per heavy atom. The largest absolute Gasteiger partial charge is 0.467 e. The minimum Gasteiger partial charge on any atom is -0.467 e. The van der Waals surface area contributed by atoms with E-state index >= 15 is 0 Å². The highest BCUT2D eigenvalue weighted by atomic mass is 32.2. The molecule has 0 aliphatic heterocycles. The number of nitrogens with zero attached hydrogens (tertiary/aromatic N) is 3. The van der Waals surface area contributed by atoms with Crippen LogP contribution in [-0.4, -0.2) is 60.5 Å². The smallest absolute Gasteiger partial charge is 0.328 e. The number of carbonyl (C=O) groups excluding carboxylic acids is 1. The van der Waals surface area contributed by atoms with Gasteiger partial charge < -0.3 is 14.5 Å². The summed E-state index contributed by atoms with van der Waals surface area (Å²) in [4.78, 5) is 40.1. The number of ether oxygens (including phenoxy) is 2. The minimum atomic E-state index is -4.31. The summed E-state index contributed by atoms with van der Waals surface area (Å²) in [5.74, 6) is -0.290. The number of aromatic nitrogens is 4. The number of hydrogen-bond donors (Lipinski definition) is 2. The molecule has 2 aromatic heterocycles. The van der Waals surface area contributed by atoms with Crippen LogP contribution in [0.5, 0.6) is 17.8 Å². The summed E-state index contributed by atoms with van der Waals surface area (Å²) in [6.45, 7) is 0. The molecule has 244 valence electrons. The summed E-state index contributed by atoms with van der Waals surface area (Å²) in [6, 6.07) is 23.3. The fraction of sp³-hybridized carbons (Fsp3) is 0.121. The second-order valence-corrected chi connectivity index (χ2v) is 14.4. The molecule has 0 unspecified atom stereocenters. The van der Waals surface area contributed by atoms with Gasteiger partial charge in [0.05, 0.1) is 17.5 Å². The van der Waals surface area contributed by atoms with Gasteiger partial charge in [0.2, 0.25) is 0 Å². The molecule has 0 amide bonds. The molecule has 0 fully saturated rings. The molecule has 0 radical (unpaired) electrons. The van der Waals surface area contributed by atoms with E-state index in [1.165, 1.54) is 19.2 Å². The third-order valence-electron chi connectivity index (χ3n) is 7.36. The maximum atomic E-state index is 12.8. The molecule has 4 aromatic carbocycles. The van der Waals surface area contributed by atoms with E-state index < -0.39 is 25.7 Å². The standard InChI is InChI=1S/C21H13NO2.C12H13N3O7S2/c23-20-14-6-2-1-5-12(14)9-13-10-17-19(11-16(13)20)22-18-8-4-3-7-15(18)21(17)24;1-21-11-13-10(7-23(2,16)17)14-12(15-11)22-8-3-5-9(6-4-8)24(18,19)20/h1-8,10-11H,9H2,(H,22,24);3-6H,7H2,1-2H3,(H,18,19,20). The quantitative estimate of drug-likeness (QED) is 0.186. The predicted octanol–water partition coefficient (Wildman–Crippen LogP) is 4.28. The van der Waals surface area contributed by atoms with E-state index in [0.29, 0.717) is 28.3 Å². The van der Waals surface area contributed by atoms with Crippen LogP contribution in [0.1, 0.15) is 32.9 Å². The summed E-state index contributed by atoms with van der Waals surface area (Å²) < 4.78 is 63.7. The Kier molecular flexibility index (Phi) is 8.51. The van der Waals surface area contributed by atoms with Gasteiger partial charge in [-0.05, 0) is 66.1 Å². The van der Waals surface area contributed by atoms with Gasteiger partial charge in [-0.2, -0.15) is 18.4 Å². The Labute approximate surface area is 273 Å². The van der Waals surface area contributed by atoms with Gasteiger partial charge in [-0.15, -0.1) is 4.98 Å². The van der Waals surface area contributed by atoms with Crippen LogP contribution in [0.2, 0.25) is 0 Å². The molecule has 15 heteroatoms. The number of nitrogens with one attached hydrogen (secondary N) is 1. The average molecular weight is 687 g/mol. The van der Waals surface area contributed by atoms with Crippen LogP contribution < -0.4 is 14.9 Å². The number of para-hydroxylation sites is 1. The van der Waals surface area contributed by atoms with Crippen LogP contribution in [0.4, 0.5) is 0 Å². The number of fused-ring (bicyclic) bond motifs is 4. The third kappa shape index (κ3) is 6.92. The van der Waals surface area contributed by atoms with Crippen molar-refractivity contribution in [2.75, 3.05) is 13.4 Å². The van der Waals surface area contributed by atoms with Crippen molar-refractivity contribution in [3.63, 3.8) is 0 Å². The van der Waals surface area contributed by atoms with Gasteiger partial charge in [-0.1, -0.05) is 36.4 Å². The highest BCUT2D eigenvalue weighted by Crippen LogP contribution is 2.30. The molecule has 0 spiro atoms. The predicted molar refractivity (Wildman–Crippen MR) is 176 cm³/mol. The first kappa shape index (κ1) is 32.4. The van der Waals surface area contributed by atoms with E-state index in [2.05, 4.69) is 19.9 Å². The average Bonchev–Trinajstić information content (AvgIpc) is 3.04. The number of carbonyl (C=O) groups is 1. The molecule has 2 N–H and O–H groups in total. The number of rotatable bonds is 6. The summed E-state index contributed by atoms with van der Waals surface area (Å²) >= 11 is 0. The SMILES string of the molecule is COc1nc(CS(C)(=O)=O)nc(Oc2ccc(S(=O)(=O)O)cc2)n1.O=C1c2ccccc2Cc2cc3c(=O)c4ccccc4[nH]c3cc21. The van der Waals surface area contributed by atoms with Gasteiger partial charge in [0.25, 0.3) is 10.1 Å². The van der Waals surface area contributed by atoms with Gasteiger partial charge >= 0.3 is 12.0 Å². The summed E-state index contributed by atoms with van der Waals surface area (Å²) in [5.41, 5.74) is 4.90. The zero-order valence-corrected chi connectivity index (χ0v) is 27.0. The monoisotopic (exact) mass is 686 g/mol. The number of pyridine rings is 1. The fourth-order valence-corrected chi connectivity index (χ4v) is 6.30. The molecule has 0 atom stereocenters. The molecule has 7 rings (SSSR count). The summed E-state index contributed by atoms with van der Waals surface area (Å²) in [6.07, 6.45) is 1.71. The van der Waals surface area contributed by atoms with Crippen LogP contribution in [0.3, 0.4) is 0 Å². The lowest BCUT2D eigenvalue weighted by molar-refractivity contribution is 0.103. The van der Waals surface area contributed by atoms with Crippen molar-refractivity contribution >= 4 is 47.5 Å². The first-order valence-corrected chi connectivity index (χ1v) is 17.7. The molecule has 0 saturated heterocycles. The lowest BCUT2D eigenvalue weighted by Crippen LogP contribution is -2.16. The van der Waals surface area contributed by atoms with Crippen LogP contribution in [-0.2, 0) is 32.1 Å². The highest BCUT2D eigenvalue weighted by Gasteiger charge is 2.24. The molecule has 0 saturated carbocycles. The molecular weight excluding hydrogens is 661 g/mol. The Balaban J connectivity index is 0.000000167. The van der Waals surface area contributed by atoms with E-state index in [9.17, 15) is 26.4 Å². The van der Waals surface area contributed by atoms with Crippen molar-refractivity contribution in [1.82, 2.24) is 19.9 Å². The van der Waals surface area contributed by atoms with Gasteiger partial charge in [0.15, 0.2) is 26.9 Å². The molecule has 1 aliphatic carbocycles. The van der Waals surface area contributed by atoms with Gasteiger partial charge in [0, 0.05) is 33.7 Å². The number of ketones is 1. The minimum absolute atomic E-state index is 0.00783. The molecular formula is C33H26N4O9S2. The lowest BCUT2D eigenvalue weighted by atomic mass is 9.84. The zero-order valence-electron chi connectivity index (χ0n) is 25.4. The second kappa shape index (κ2) is 12.6. The Bertz CT molecular complexity index is 2520. The van der Waals surface area contributed by atoms with Crippen molar-refractivity contribution in [1.29, 1.82) is 0 Å². The van der Waals surface area contributed by atoms with E-state index in [1.54, 1.807) is 0 Å². The maximum Gasteiger partial charge on any atom is 0.328 e. The van der Waals surface area contributed by atoms with E-state index in [1.807, 2.05) is 60.7 Å². The number of aromatic amines is 1. The highest BCUT2D eigenvalue weighted by molar-refractivity contribution is 7.89. The summed E-state index contributed by atoms with van der Waals surface area (Å²) in [7, 11) is -6.39. The normalized spacial score (nSPS) is 12.5. The first-order valence-electron chi connectivity index (χ1n) is 14.2. The van der Waals surface area contributed by atoms with Crippen LogP contribution in [0.15, 0.2) is 94.6 Å². The van der Waals surface area contributed by atoms with E-state index in [-0.39, 0.29) is 39.7 Å². The number of methoxy groups -OCH3 is 1. The van der Waals surface area contributed by atoms with Crippen molar-refractivity contribution in [2.24, 2.45) is 0 Å². The summed E-state index contributed by atoms with van der Waals surface area (Å²) in [5, 5.41) is 1.31. The van der Waals surface area contributed by atoms with Crippen molar-refractivity contribution in [3.8, 4) is 17.8 Å². The Morgan fingerprint density at radius 2 is 1.46 bits per heavy atom. The second-order valence-electron chi connectivity index (χ2n) is 10.9. The van der Waals surface area contributed by atoms with Crippen molar-refractivity contribution in [2.45, 2.75) is 17.1 Å². The van der Waals surface area contributed by atoms with Crippen LogP contribution >= 0.6 is 0 Å². The van der Waals surface area contributed by atoms with E-state index in [4.69, 9.17) is 14.0 Å². The molecule has 48 heavy (non-hydrogen) atoms. The van der Waals surface area contributed by atoms with Gasteiger partial charge in [-0.3, -0.25) is 14.1 Å².